The van der Waals surface area contributed by atoms with Crippen molar-refractivity contribution in [1.82, 2.24) is 9.97 Å². The number of fused-ring (bicyclic) bond motifs is 9. The van der Waals surface area contributed by atoms with Gasteiger partial charge in [0, 0.05) is 69.8 Å². The molecule has 2 aliphatic heterocycles. The Hall–Kier alpha value is -5.08. The average molecular weight is 643 g/mol. The highest BCUT2D eigenvalue weighted by atomic mass is 35.5. The summed E-state index contributed by atoms with van der Waals surface area (Å²) in [5.74, 6) is 0.246. The van der Waals surface area contributed by atoms with E-state index < -0.39 is 0 Å². The van der Waals surface area contributed by atoms with Crippen LogP contribution in [0.3, 0.4) is 0 Å². The number of aromatic hydroxyl groups is 1. The van der Waals surface area contributed by atoms with Crippen LogP contribution in [-0.4, -0.2) is 51.6 Å². The quantitative estimate of drug-likeness (QED) is 0.175. The molecule has 1 aliphatic carbocycles. The van der Waals surface area contributed by atoms with Crippen molar-refractivity contribution in [2.24, 2.45) is 0 Å². The van der Waals surface area contributed by atoms with Crippen LogP contribution < -0.4 is 9.80 Å². The van der Waals surface area contributed by atoms with Crippen molar-refractivity contribution >= 4 is 73.2 Å². The van der Waals surface area contributed by atoms with Gasteiger partial charge in [0.1, 0.15) is 22.9 Å². The SMILES string of the molecule is CC(=O)C1CCc2c1ccc1[nH]c(C(=O)N3CCc4c3ccc3[nH]c(C(=O)N5C[C@@H](CCl)c6c5cc(O)c5ccccc65)cc43)cc21. The number of carbonyl (C=O) groups is 3. The first-order chi connectivity index (χ1) is 22.8. The summed E-state index contributed by atoms with van der Waals surface area (Å²) in [5.41, 5.74) is 8.46. The third kappa shape index (κ3) is 4.04. The van der Waals surface area contributed by atoms with Crippen LogP contribution in [-0.2, 0) is 17.6 Å². The first-order valence-corrected chi connectivity index (χ1v) is 16.6. The number of ketones is 1. The molecule has 9 heteroatoms. The van der Waals surface area contributed by atoms with Crippen molar-refractivity contribution in [2.45, 2.75) is 38.0 Å². The zero-order valence-corrected chi connectivity index (χ0v) is 26.4. The van der Waals surface area contributed by atoms with Crippen molar-refractivity contribution < 1.29 is 19.5 Å². The lowest BCUT2D eigenvalue weighted by molar-refractivity contribution is -0.118. The number of rotatable bonds is 4. The first-order valence-electron chi connectivity index (χ1n) is 16.1. The van der Waals surface area contributed by atoms with E-state index in [1.807, 2.05) is 65.6 Å². The van der Waals surface area contributed by atoms with Crippen LogP contribution in [0.5, 0.6) is 5.75 Å². The number of aromatic amines is 2. The molecule has 6 aromatic rings. The summed E-state index contributed by atoms with van der Waals surface area (Å²) >= 11 is 6.41. The molecule has 2 aromatic heterocycles. The summed E-state index contributed by atoms with van der Waals surface area (Å²) in [4.78, 5) is 50.3. The van der Waals surface area contributed by atoms with Crippen LogP contribution in [0.4, 0.5) is 11.4 Å². The molecule has 4 aromatic carbocycles. The minimum Gasteiger partial charge on any atom is -0.507 e. The molecule has 1 unspecified atom stereocenters. The number of aromatic nitrogens is 2. The number of Topliss-reactive ketones (excluding diaryl/α,β-unsaturated/α-hetero) is 1. The Kier molecular flexibility index (Phi) is 6.12. The number of hydrogen-bond donors (Lipinski definition) is 3. The number of carbonyl (C=O) groups excluding carboxylic acids is 3. The van der Waals surface area contributed by atoms with Gasteiger partial charge in [0.15, 0.2) is 0 Å². The van der Waals surface area contributed by atoms with Gasteiger partial charge in [-0.15, -0.1) is 11.6 Å². The number of phenols is 1. The van der Waals surface area contributed by atoms with E-state index in [-0.39, 0.29) is 35.2 Å². The first kappa shape index (κ1) is 28.2. The largest absolute Gasteiger partial charge is 0.507 e. The maximum Gasteiger partial charge on any atom is 0.274 e. The molecule has 234 valence electrons. The lowest BCUT2D eigenvalue weighted by atomic mass is 9.95. The van der Waals surface area contributed by atoms with Gasteiger partial charge in [0.2, 0.25) is 0 Å². The normalized spacial score (nSPS) is 18.3. The van der Waals surface area contributed by atoms with Crippen LogP contribution >= 0.6 is 11.6 Å². The van der Waals surface area contributed by atoms with Crippen LogP contribution in [0.1, 0.15) is 68.4 Å². The van der Waals surface area contributed by atoms with E-state index in [0.717, 1.165) is 73.4 Å². The highest BCUT2D eigenvalue weighted by Crippen LogP contribution is 2.46. The third-order valence-electron chi connectivity index (χ3n) is 10.5. The van der Waals surface area contributed by atoms with Crippen molar-refractivity contribution in [1.29, 1.82) is 0 Å². The molecule has 0 saturated carbocycles. The second kappa shape index (κ2) is 10.2. The second-order valence-electron chi connectivity index (χ2n) is 13.0. The Morgan fingerprint density at radius 1 is 0.809 bits per heavy atom. The molecule has 2 atom stereocenters. The van der Waals surface area contributed by atoms with Crippen LogP contribution in [0, 0.1) is 0 Å². The number of aryl methyl sites for hydroxylation is 1. The molecule has 0 spiro atoms. The lowest BCUT2D eigenvalue weighted by Gasteiger charge is -2.17. The van der Waals surface area contributed by atoms with Gasteiger partial charge in [-0.3, -0.25) is 14.4 Å². The maximum atomic E-state index is 14.1. The van der Waals surface area contributed by atoms with E-state index in [1.165, 1.54) is 0 Å². The molecule has 0 fully saturated rings. The number of nitrogens with zero attached hydrogens (tertiary/aromatic N) is 2. The van der Waals surface area contributed by atoms with E-state index in [2.05, 4.69) is 9.97 Å². The molecular weight excluding hydrogens is 612 g/mol. The molecule has 9 rings (SSSR count). The number of alkyl halides is 1. The summed E-state index contributed by atoms with van der Waals surface area (Å²) in [7, 11) is 0. The summed E-state index contributed by atoms with van der Waals surface area (Å²) in [5, 5.41) is 14.4. The van der Waals surface area contributed by atoms with Gasteiger partial charge in [0.05, 0.1) is 5.69 Å². The molecule has 0 radical (unpaired) electrons. The second-order valence-corrected chi connectivity index (χ2v) is 13.3. The Bertz CT molecular complexity index is 2350. The van der Waals surface area contributed by atoms with Gasteiger partial charge in [-0.05, 0) is 84.2 Å². The average Bonchev–Trinajstić information content (AvgIpc) is 3.90. The van der Waals surface area contributed by atoms with Gasteiger partial charge >= 0.3 is 0 Å². The van der Waals surface area contributed by atoms with Crippen LogP contribution in [0.15, 0.2) is 66.7 Å². The zero-order valence-electron chi connectivity index (χ0n) is 25.7. The number of nitrogens with one attached hydrogen (secondary N) is 2. The molecule has 2 amide bonds. The minimum absolute atomic E-state index is 0.0597. The van der Waals surface area contributed by atoms with E-state index in [0.29, 0.717) is 42.5 Å². The molecule has 3 N–H and O–H groups in total. The van der Waals surface area contributed by atoms with E-state index >= 15 is 0 Å². The van der Waals surface area contributed by atoms with Crippen molar-refractivity contribution in [2.75, 3.05) is 28.8 Å². The molecule has 3 aliphatic rings. The fourth-order valence-corrected chi connectivity index (χ4v) is 8.59. The van der Waals surface area contributed by atoms with Crippen molar-refractivity contribution in [3.05, 3.63) is 100 Å². The van der Waals surface area contributed by atoms with E-state index in [4.69, 9.17) is 11.6 Å². The lowest BCUT2D eigenvalue weighted by Crippen LogP contribution is -2.30. The number of amides is 2. The van der Waals surface area contributed by atoms with Crippen molar-refractivity contribution in [3.63, 3.8) is 0 Å². The summed E-state index contributed by atoms with van der Waals surface area (Å²) in [6, 6.07) is 21.0. The van der Waals surface area contributed by atoms with Gasteiger partial charge in [-0.25, -0.2) is 0 Å². The molecule has 4 heterocycles. The number of halogens is 1. The monoisotopic (exact) mass is 642 g/mol. The fourth-order valence-electron chi connectivity index (χ4n) is 8.34. The molecule has 8 nitrogen and oxygen atoms in total. The summed E-state index contributed by atoms with van der Waals surface area (Å²) in [6.07, 6.45) is 2.31. The number of H-pyrrole nitrogens is 2. The topological polar surface area (TPSA) is 110 Å². The van der Waals surface area contributed by atoms with Crippen LogP contribution in [0.25, 0.3) is 32.6 Å². The molecule has 0 bridgehead atoms. The summed E-state index contributed by atoms with van der Waals surface area (Å²) < 4.78 is 0. The van der Waals surface area contributed by atoms with E-state index in [9.17, 15) is 19.5 Å². The van der Waals surface area contributed by atoms with Gasteiger partial charge in [-0.2, -0.15) is 0 Å². The Balaban J connectivity index is 1.04. The van der Waals surface area contributed by atoms with Gasteiger partial charge in [-0.1, -0.05) is 30.3 Å². The predicted molar refractivity (Wildman–Crippen MR) is 184 cm³/mol. The molecular formula is C38H31ClN4O4. The molecule has 0 saturated heterocycles. The third-order valence-corrected chi connectivity index (χ3v) is 10.9. The summed E-state index contributed by atoms with van der Waals surface area (Å²) in [6.45, 7) is 2.60. The Labute approximate surface area is 274 Å². The zero-order chi connectivity index (χ0) is 32.1. The smallest absolute Gasteiger partial charge is 0.274 e. The highest BCUT2D eigenvalue weighted by molar-refractivity contribution is 6.19. The highest BCUT2D eigenvalue weighted by Gasteiger charge is 2.36. The number of benzene rings is 4. The maximum absolute atomic E-state index is 14.1. The minimum atomic E-state index is -0.193. The van der Waals surface area contributed by atoms with E-state index in [1.54, 1.807) is 17.9 Å². The Morgan fingerprint density at radius 2 is 1.49 bits per heavy atom. The van der Waals surface area contributed by atoms with Crippen molar-refractivity contribution in [3.8, 4) is 5.75 Å². The van der Waals surface area contributed by atoms with Crippen LogP contribution in [0.2, 0.25) is 0 Å². The predicted octanol–water partition coefficient (Wildman–Crippen LogP) is 7.31. The Morgan fingerprint density at radius 3 is 2.21 bits per heavy atom. The standard InChI is InChI=1S/C38H31ClN4O4/c1-19(44)21-6-7-23-22(21)8-9-29-27(23)14-31(40-29)37(46)42-13-12-24-28-15-32(41-30(28)10-11-33(24)42)38(47)43-18-20(17-39)36-26-5-3-2-4-25(26)35(45)16-34(36)43/h2-5,8-11,14-16,20-21,40-41,45H,6-7,12-13,17-18H2,1H3/t20-,21?/m1/s1. The number of anilines is 2. The van der Waals surface area contributed by atoms with Gasteiger partial charge in [0.25, 0.3) is 11.8 Å². The number of phenolic OH excluding ortho intramolecular Hbond substituents is 1. The molecule has 47 heavy (non-hydrogen) atoms. The fraction of sp³-hybridized carbons (Fsp3) is 0.237. The number of hydrogen-bond acceptors (Lipinski definition) is 4. The van der Waals surface area contributed by atoms with Gasteiger partial charge < -0.3 is 24.9 Å².